The zero-order valence-corrected chi connectivity index (χ0v) is 9.45. The van der Waals surface area contributed by atoms with Crippen molar-refractivity contribution in [1.82, 2.24) is 9.97 Å². The van der Waals surface area contributed by atoms with Gasteiger partial charge in [-0.1, -0.05) is 13.8 Å². The minimum atomic E-state index is 0.403. The first-order chi connectivity index (χ1) is 7.15. The predicted molar refractivity (Wildman–Crippen MR) is 59.1 cm³/mol. The Morgan fingerprint density at radius 3 is 2.73 bits per heavy atom. The van der Waals surface area contributed by atoms with Crippen LogP contribution in [0, 0.1) is 5.92 Å². The highest BCUT2D eigenvalue weighted by Crippen LogP contribution is 2.10. The Kier molecular flexibility index (Phi) is 4.45. The fourth-order valence-electron chi connectivity index (χ4n) is 1.34. The van der Waals surface area contributed by atoms with Gasteiger partial charge in [-0.25, -0.2) is 15.8 Å². The SMILES string of the molecule is COCc1nc(CC(C)C)cc(NN)n1. The molecular weight excluding hydrogens is 192 g/mol. The molecule has 0 aliphatic carbocycles. The number of nitrogens with one attached hydrogen (secondary N) is 1. The second-order valence-corrected chi connectivity index (χ2v) is 3.84. The zero-order chi connectivity index (χ0) is 11.3. The van der Waals surface area contributed by atoms with E-state index in [2.05, 4.69) is 29.2 Å². The summed E-state index contributed by atoms with van der Waals surface area (Å²) in [5.74, 6) is 7.18. The fraction of sp³-hybridized carbons (Fsp3) is 0.600. The predicted octanol–water partition coefficient (Wildman–Crippen LogP) is 1.11. The molecule has 0 saturated carbocycles. The highest BCUT2D eigenvalue weighted by molar-refractivity contribution is 5.34. The third-order valence-corrected chi connectivity index (χ3v) is 1.86. The van der Waals surface area contributed by atoms with E-state index in [1.54, 1.807) is 7.11 Å². The van der Waals surface area contributed by atoms with Crippen molar-refractivity contribution >= 4 is 5.82 Å². The van der Waals surface area contributed by atoms with Crippen LogP contribution in [-0.2, 0) is 17.8 Å². The Balaban J connectivity index is 2.89. The number of hydrogen-bond acceptors (Lipinski definition) is 5. The normalized spacial score (nSPS) is 10.7. The molecule has 1 aromatic rings. The maximum Gasteiger partial charge on any atom is 0.156 e. The van der Waals surface area contributed by atoms with Gasteiger partial charge in [0.1, 0.15) is 12.4 Å². The summed E-state index contributed by atoms with van der Waals surface area (Å²) < 4.78 is 4.99. The Hall–Kier alpha value is -1.20. The number of anilines is 1. The molecule has 5 nitrogen and oxygen atoms in total. The second-order valence-electron chi connectivity index (χ2n) is 3.84. The molecule has 0 aliphatic heterocycles. The number of nitrogens with two attached hydrogens (primary N) is 1. The fourth-order valence-corrected chi connectivity index (χ4v) is 1.34. The highest BCUT2D eigenvalue weighted by atomic mass is 16.5. The van der Waals surface area contributed by atoms with Gasteiger partial charge < -0.3 is 10.2 Å². The minimum absolute atomic E-state index is 0.403. The molecule has 1 heterocycles. The molecule has 1 aromatic heterocycles. The van der Waals surface area contributed by atoms with Crippen LogP contribution >= 0.6 is 0 Å². The molecule has 3 N–H and O–H groups in total. The van der Waals surface area contributed by atoms with Crippen molar-refractivity contribution in [2.75, 3.05) is 12.5 Å². The van der Waals surface area contributed by atoms with E-state index in [9.17, 15) is 0 Å². The molecule has 0 spiro atoms. The van der Waals surface area contributed by atoms with Gasteiger partial charge in [-0.15, -0.1) is 0 Å². The molecule has 0 atom stereocenters. The van der Waals surface area contributed by atoms with Crippen LogP contribution in [0.5, 0.6) is 0 Å². The van der Waals surface area contributed by atoms with E-state index in [1.165, 1.54) is 0 Å². The van der Waals surface area contributed by atoms with E-state index in [1.807, 2.05) is 6.07 Å². The summed E-state index contributed by atoms with van der Waals surface area (Å²) in [5.41, 5.74) is 3.52. The maximum atomic E-state index is 5.33. The first-order valence-electron chi connectivity index (χ1n) is 4.98. The van der Waals surface area contributed by atoms with Crippen LogP contribution in [-0.4, -0.2) is 17.1 Å². The molecule has 5 heteroatoms. The van der Waals surface area contributed by atoms with Crippen LogP contribution in [0.2, 0.25) is 0 Å². The standard InChI is InChI=1S/C10H18N4O/c1-7(2)4-8-5-9(14-11)13-10(12-8)6-15-3/h5,7H,4,6,11H2,1-3H3,(H,12,13,14). The molecule has 0 saturated heterocycles. The summed E-state index contributed by atoms with van der Waals surface area (Å²) in [4.78, 5) is 8.56. The number of methoxy groups -OCH3 is 1. The average Bonchev–Trinajstić information content (AvgIpc) is 2.16. The third-order valence-electron chi connectivity index (χ3n) is 1.86. The molecule has 0 bridgehead atoms. The van der Waals surface area contributed by atoms with Crippen LogP contribution in [0.4, 0.5) is 5.82 Å². The first kappa shape index (κ1) is 11.9. The van der Waals surface area contributed by atoms with E-state index >= 15 is 0 Å². The second kappa shape index (κ2) is 5.63. The van der Waals surface area contributed by atoms with Gasteiger partial charge in [0.05, 0.1) is 0 Å². The number of nitrogens with zero attached hydrogens (tertiary/aromatic N) is 2. The van der Waals surface area contributed by atoms with Crippen molar-refractivity contribution < 1.29 is 4.74 Å². The van der Waals surface area contributed by atoms with Crippen LogP contribution in [0.25, 0.3) is 0 Å². The largest absolute Gasteiger partial charge is 0.377 e. The number of aromatic nitrogens is 2. The van der Waals surface area contributed by atoms with Crippen LogP contribution in [0.3, 0.4) is 0 Å². The van der Waals surface area contributed by atoms with E-state index < -0.39 is 0 Å². The third kappa shape index (κ3) is 3.81. The molecule has 0 fully saturated rings. The summed E-state index contributed by atoms with van der Waals surface area (Å²) in [6.45, 7) is 4.70. The number of hydrogen-bond donors (Lipinski definition) is 2. The zero-order valence-electron chi connectivity index (χ0n) is 9.45. The van der Waals surface area contributed by atoms with E-state index in [0.717, 1.165) is 12.1 Å². The van der Waals surface area contributed by atoms with Gasteiger partial charge in [-0.2, -0.15) is 0 Å². The molecule has 15 heavy (non-hydrogen) atoms. The van der Waals surface area contributed by atoms with E-state index in [4.69, 9.17) is 10.6 Å². The van der Waals surface area contributed by atoms with Gasteiger partial charge >= 0.3 is 0 Å². The lowest BCUT2D eigenvalue weighted by atomic mass is 10.1. The summed E-state index contributed by atoms with van der Waals surface area (Å²) in [5, 5.41) is 0. The van der Waals surface area contributed by atoms with E-state index in [0.29, 0.717) is 24.2 Å². The van der Waals surface area contributed by atoms with Crippen molar-refractivity contribution in [3.05, 3.63) is 17.6 Å². The van der Waals surface area contributed by atoms with Crippen molar-refractivity contribution in [2.45, 2.75) is 26.9 Å². The number of rotatable bonds is 5. The molecule has 0 amide bonds. The Morgan fingerprint density at radius 1 is 1.47 bits per heavy atom. The lowest BCUT2D eigenvalue weighted by Gasteiger charge is -2.08. The van der Waals surface area contributed by atoms with Gasteiger partial charge in [-0.05, 0) is 12.3 Å². The molecular formula is C10H18N4O. The molecule has 0 radical (unpaired) electrons. The quantitative estimate of drug-likeness (QED) is 0.562. The molecule has 84 valence electrons. The molecule has 0 unspecified atom stereocenters. The average molecular weight is 210 g/mol. The lowest BCUT2D eigenvalue weighted by Crippen LogP contribution is -2.12. The smallest absolute Gasteiger partial charge is 0.156 e. The van der Waals surface area contributed by atoms with Gasteiger partial charge in [0.2, 0.25) is 0 Å². The van der Waals surface area contributed by atoms with Gasteiger partial charge in [-0.3, -0.25) is 0 Å². The summed E-state index contributed by atoms with van der Waals surface area (Å²) >= 11 is 0. The van der Waals surface area contributed by atoms with Crippen molar-refractivity contribution in [1.29, 1.82) is 0 Å². The first-order valence-corrected chi connectivity index (χ1v) is 4.98. The van der Waals surface area contributed by atoms with Crippen molar-refractivity contribution in [3.8, 4) is 0 Å². The van der Waals surface area contributed by atoms with Crippen molar-refractivity contribution in [2.24, 2.45) is 11.8 Å². The summed E-state index contributed by atoms with van der Waals surface area (Å²) in [6.07, 6.45) is 0.911. The van der Waals surface area contributed by atoms with Crippen molar-refractivity contribution in [3.63, 3.8) is 0 Å². The highest BCUT2D eigenvalue weighted by Gasteiger charge is 2.05. The Morgan fingerprint density at radius 2 is 2.20 bits per heavy atom. The minimum Gasteiger partial charge on any atom is -0.377 e. The molecule has 1 rings (SSSR count). The topological polar surface area (TPSA) is 73.1 Å². The van der Waals surface area contributed by atoms with Crippen LogP contribution < -0.4 is 11.3 Å². The van der Waals surface area contributed by atoms with E-state index in [-0.39, 0.29) is 0 Å². The van der Waals surface area contributed by atoms with Gasteiger partial charge in [0.15, 0.2) is 5.82 Å². The summed E-state index contributed by atoms with van der Waals surface area (Å²) in [6, 6.07) is 1.86. The number of ether oxygens (including phenoxy) is 1. The number of hydrazine groups is 1. The van der Waals surface area contributed by atoms with Gasteiger partial charge in [0, 0.05) is 18.9 Å². The van der Waals surface area contributed by atoms with Crippen LogP contribution in [0.15, 0.2) is 6.07 Å². The molecule has 0 aliphatic rings. The monoisotopic (exact) mass is 210 g/mol. The lowest BCUT2D eigenvalue weighted by molar-refractivity contribution is 0.177. The Bertz CT molecular complexity index is 314. The maximum absolute atomic E-state index is 5.33. The van der Waals surface area contributed by atoms with Gasteiger partial charge in [0.25, 0.3) is 0 Å². The summed E-state index contributed by atoms with van der Waals surface area (Å²) in [7, 11) is 1.62. The molecule has 0 aromatic carbocycles. The number of nitrogen functional groups attached to an aromatic ring is 1. The van der Waals surface area contributed by atoms with Crippen LogP contribution in [0.1, 0.15) is 25.4 Å². The Labute approximate surface area is 90.0 Å².